The van der Waals surface area contributed by atoms with Crippen molar-refractivity contribution in [2.24, 2.45) is 11.8 Å². The minimum atomic E-state index is 0.725. The molecule has 0 saturated carbocycles. The summed E-state index contributed by atoms with van der Waals surface area (Å²) in [6.45, 7) is 14.1. The first-order valence-electron chi connectivity index (χ1n) is 6.07. The second kappa shape index (κ2) is 5.72. The van der Waals surface area contributed by atoms with Crippen LogP contribution in [0.5, 0.6) is 0 Å². The highest BCUT2D eigenvalue weighted by atomic mass is 15.2. The number of hydrogen-bond donors (Lipinski definition) is 1. The van der Waals surface area contributed by atoms with Gasteiger partial charge in [-0.1, -0.05) is 27.7 Å². The SMILES string of the molecule is CCNC1CC(C)CN(CC(C)C)C1. The van der Waals surface area contributed by atoms with Gasteiger partial charge < -0.3 is 10.2 Å². The highest BCUT2D eigenvalue weighted by molar-refractivity contribution is 4.81. The maximum Gasteiger partial charge on any atom is 0.0197 e. The average molecular weight is 198 g/mol. The highest BCUT2D eigenvalue weighted by Crippen LogP contribution is 2.17. The zero-order valence-electron chi connectivity index (χ0n) is 10.2. The summed E-state index contributed by atoms with van der Waals surface area (Å²) < 4.78 is 0. The largest absolute Gasteiger partial charge is 0.313 e. The summed E-state index contributed by atoms with van der Waals surface area (Å²) in [5, 5.41) is 3.58. The van der Waals surface area contributed by atoms with Gasteiger partial charge in [0.15, 0.2) is 0 Å². The summed E-state index contributed by atoms with van der Waals surface area (Å²) in [5.74, 6) is 1.65. The Bertz CT molecular complexity index is 154. The van der Waals surface area contributed by atoms with Crippen LogP contribution in [0.1, 0.15) is 34.1 Å². The lowest BCUT2D eigenvalue weighted by atomic mass is 9.95. The van der Waals surface area contributed by atoms with Crippen molar-refractivity contribution in [1.29, 1.82) is 0 Å². The third-order valence-electron chi connectivity index (χ3n) is 2.85. The molecular formula is C12H26N2. The third-order valence-corrected chi connectivity index (χ3v) is 2.85. The zero-order chi connectivity index (χ0) is 10.6. The standard InChI is InChI=1S/C12H26N2/c1-5-13-12-6-11(4)8-14(9-12)7-10(2)3/h10-13H,5-9H2,1-4H3. The second-order valence-electron chi connectivity index (χ2n) is 5.21. The van der Waals surface area contributed by atoms with Crippen LogP contribution in [0.4, 0.5) is 0 Å². The summed E-state index contributed by atoms with van der Waals surface area (Å²) in [6.07, 6.45) is 1.35. The van der Waals surface area contributed by atoms with Crippen molar-refractivity contribution in [2.45, 2.75) is 40.2 Å². The van der Waals surface area contributed by atoms with Gasteiger partial charge in [0, 0.05) is 25.7 Å². The van der Waals surface area contributed by atoms with E-state index in [0.717, 1.165) is 24.4 Å². The fraction of sp³-hybridized carbons (Fsp3) is 1.00. The van der Waals surface area contributed by atoms with Gasteiger partial charge in [0.1, 0.15) is 0 Å². The Hall–Kier alpha value is -0.0800. The summed E-state index contributed by atoms with van der Waals surface area (Å²) in [6, 6.07) is 0.725. The van der Waals surface area contributed by atoms with E-state index in [9.17, 15) is 0 Å². The minimum Gasteiger partial charge on any atom is -0.313 e. The molecule has 2 unspecified atom stereocenters. The maximum absolute atomic E-state index is 3.58. The lowest BCUT2D eigenvalue weighted by molar-refractivity contribution is 0.136. The van der Waals surface area contributed by atoms with Gasteiger partial charge in [0.2, 0.25) is 0 Å². The molecule has 1 aliphatic heterocycles. The first-order chi connectivity index (χ1) is 6.61. The quantitative estimate of drug-likeness (QED) is 0.743. The zero-order valence-corrected chi connectivity index (χ0v) is 10.2. The smallest absolute Gasteiger partial charge is 0.0197 e. The predicted molar refractivity (Wildman–Crippen MR) is 62.5 cm³/mol. The molecule has 2 heteroatoms. The lowest BCUT2D eigenvalue weighted by Gasteiger charge is -2.37. The minimum absolute atomic E-state index is 0.725. The number of likely N-dealkylation sites (N-methyl/N-ethyl adjacent to an activating group) is 1. The van der Waals surface area contributed by atoms with Crippen LogP contribution < -0.4 is 5.32 Å². The summed E-state index contributed by atoms with van der Waals surface area (Å²) in [5.41, 5.74) is 0. The predicted octanol–water partition coefficient (Wildman–Crippen LogP) is 1.96. The number of nitrogens with zero attached hydrogens (tertiary/aromatic N) is 1. The second-order valence-corrected chi connectivity index (χ2v) is 5.21. The van der Waals surface area contributed by atoms with E-state index in [4.69, 9.17) is 0 Å². The molecule has 1 saturated heterocycles. The van der Waals surface area contributed by atoms with Crippen molar-refractivity contribution in [3.8, 4) is 0 Å². The maximum atomic E-state index is 3.58. The van der Waals surface area contributed by atoms with E-state index in [1.165, 1.54) is 26.1 Å². The Balaban J connectivity index is 2.37. The fourth-order valence-electron chi connectivity index (χ4n) is 2.56. The molecule has 1 rings (SSSR count). The molecule has 14 heavy (non-hydrogen) atoms. The number of nitrogens with one attached hydrogen (secondary N) is 1. The van der Waals surface area contributed by atoms with E-state index in [1.54, 1.807) is 0 Å². The highest BCUT2D eigenvalue weighted by Gasteiger charge is 2.23. The van der Waals surface area contributed by atoms with E-state index < -0.39 is 0 Å². The molecule has 84 valence electrons. The van der Waals surface area contributed by atoms with E-state index >= 15 is 0 Å². The van der Waals surface area contributed by atoms with Gasteiger partial charge in [-0.15, -0.1) is 0 Å². The lowest BCUT2D eigenvalue weighted by Crippen LogP contribution is -2.49. The Labute approximate surface area is 89.1 Å². The third kappa shape index (κ3) is 3.97. The van der Waals surface area contributed by atoms with Crippen molar-refractivity contribution in [3.63, 3.8) is 0 Å². The molecule has 2 atom stereocenters. The van der Waals surface area contributed by atoms with Gasteiger partial charge in [0.25, 0.3) is 0 Å². The topological polar surface area (TPSA) is 15.3 Å². The fourth-order valence-corrected chi connectivity index (χ4v) is 2.56. The molecule has 0 spiro atoms. The number of rotatable bonds is 4. The van der Waals surface area contributed by atoms with Gasteiger partial charge in [-0.2, -0.15) is 0 Å². The van der Waals surface area contributed by atoms with Gasteiger partial charge in [-0.05, 0) is 24.8 Å². The van der Waals surface area contributed by atoms with Crippen LogP contribution in [-0.2, 0) is 0 Å². The molecule has 1 N–H and O–H groups in total. The van der Waals surface area contributed by atoms with Gasteiger partial charge >= 0.3 is 0 Å². The van der Waals surface area contributed by atoms with Gasteiger partial charge in [0.05, 0.1) is 0 Å². The van der Waals surface area contributed by atoms with Crippen molar-refractivity contribution in [3.05, 3.63) is 0 Å². The molecule has 1 heterocycles. The molecule has 1 aliphatic rings. The molecule has 2 nitrogen and oxygen atoms in total. The first-order valence-corrected chi connectivity index (χ1v) is 6.07. The summed E-state index contributed by atoms with van der Waals surface area (Å²) >= 11 is 0. The summed E-state index contributed by atoms with van der Waals surface area (Å²) in [4.78, 5) is 2.62. The Morgan fingerprint density at radius 3 is 2.64 bits per heavy atom. The van der Waals surface area contributed by atoms with Crippen LogP contribution in [0.3, 0.4) is 0 Å². The van der Waals surface area contributed by atoms with E-state index in [1.807, 2.05) is 0 Å². The molecule has 0 aromatic carbocycles. The summed E-state index contributed by atoms with van der Waals surface area (Å²) in [7, 11) is 0. The average Bonchev–Trinajstić information content (AvgIpc) is 2.01. The van der Waals surface area contributed by atoms with Crippen molar-refractivity contribution in [2.75, 3.05) is 26.2 Å². The van der Waals surface area contributed by atoms with Crippen LogP contribution in [0.2, 0.25) is 0 Å². The van der Waals surface area contributed by atoms with Crippen LogP contribution >= 0.6 is 0 Å². The van der Waals surface area contributed by atoms with Crippen LogP contribution in [-0.4, -0.2) is 37.1 Å². The molecule has 0 aliphatic carbocycles. The molecular weight excluding hydrogens is 172 g/mol. The van der Waals surface area contributed by atoms with Crippen LogP contribution in [0.15, 0.2) is 0 Å². The Kier molecular flexibility index (Phi) is 4.90. The number of hydrogen-bond acceptors (Lipinski definition) is 2. The normalized spacial score (nSPS) is 29.8. The van der Waals surface area contributed by atoms with E-state index in [2.05, 4.69) is 37.9 Å². The molecule has 0 radical (unpaired) electrons. The Morgan fingerprint density at radius 1 is 1.36 bits per heavy atom. The van der Waals surface area contributed by atoms with Crippen LogP contribution in [0, 0.1) is 11.8 Å². The molecule has 0 aromatic rings. The van der Waals surface area contributed by atoms with Gasteiger partial charge in [-0.3, -0.25) is 0 Å². The number of piperidine rings is 1. The van der Waals surface area contributed by atoms with Crippen molar-refractivity contribution in [1.82, 2.24) is 10.2 Å². The molecule has 1 fully saturated rings. The molecule has 0 aromatic heterocycles. The van der Waals surface area contributed by atoms with Crippen molar-refractivity contribution < 1.29 is 0 Å². The van der Waals surface area contributed by atoms with Crippen molar-refractivity contribution >= 4 is 0 Å². The first kappa shape index (κ1) is 12.0. The van der Waals surface area contributed by atoms with Crippen LogP contribution in [0.25, 0.3) is 0 Å². The monoisotopic (exact) mass is 198 g/mol. The van der Waals surface area contributed by atoms with E-state index in [0.29, 0.717) is 0 Å². The van der Waals surface area contributed by atoms with Gasteiger partial charge in [-0.25, -0.2) is 0 Å². The molecule has 0 bridgehead atoms. The molecule has 0 amide bonds. The Morgan fingerprint density at radius 2 is 2.07 bits per heavy atom. The van der Waals surface area contributed by atoms with E-state index in [-0.39, 0.29) is 0 Å². The number of likely N-dealkylation sites (tertiary alicyclic amines) is 1.